The number of nitrogens with one attached hydrogen (secondary N) is 1. The highest BCUT2D eigenvalue weighted by molar-refractivity contribution is 8.03. The average molecular weight is 260 g/mol. The molecular formula is C13H12N2S2. The van der Waals surface area contributed by atoms with E-state index in [1.807, 2.05) is 12.1 Å². The summed E-state index contributed by atoms with van der Waals surface area (Å²) in [5, 5.41) is 6.66. The van der Waals surface area contributed by atoms with E-state index in [1.165, 1.54) is 10.4 Å². The van der Waals surface area contributed by atoms with Gasteiger partial charge in [0.05, 0.1) is 15.6 Å². The van der Waals surface area contributed by atoms with Crippen LogP contribution in [-0.2, 0) is 0 Å². The summed E-state index contributed by atoms with van der Waals surface area (Å²) in [4.78, 5) is 1.20. The number of rotatable bonds is 2. The van der Waals surface area contributed by atoms with E-state index in [-0.39, 0.29) is 5.37 Å². The molecule has 1 aromatic heterocycles. The molecule has 0 radical (unpaired) electrons. The number of nitrogens with two attached hydrogens (primary N) is 1. The molecule has 0 saturated carbocycles. The van der Waals surface area contributed by atoms with Gasteiger partial charge in [-0.05, 0) is 17.0 Å². The molecule has 1 unspecified atom stereocenters. The van der Waals surface area contributed by atoms with E-state index in [2.05, 4.69) is 41.0 Å². The van der Waals surface area contributed by atoms with E-state index >= 15 is 0 Å². The second kappa shape index (κ2) is 4.47. The second-order valence-corrected chi connectivity index (χ2v) is 5.86. The Hall–Kier alpha value is -1.39. The van der Waals surface area contributed by atoms with Crippen molar-refractivity contribution in [3.63, 3.8) is 0 Å². The maximum absolute atomic E-state index is 6.08. The third-order valence-electron chi connectivity index (χ3n) is 2.64. The van der Waals surface area contributed by atoms with Gasteiger partial charge < -0.3 is 11.1 Å². The summed E-state index contributed by atoms with van der Waals surface area (Å²) in [6.45, 7) is 0. The fraction of sp³-hybridized carbons (Fsp3) is 0.0769. The largest absolute Gasteiger partial charge is 0.392 e. The molecule has 0 bridgehead atoms. The Morgan fingerprint density at radius 2 is 1.88 bits per heavy atom. The molecule has 2 aromatic rings. The summed E-state index contributed by atoms with van der Waals surface area (Å²) >= 11 is 3.39. The van der Waals surface area contributed by atoms with Gasteiger partial charge in [-0.2, -0.15) is 0 Å². The van der Waals surface area contributed by atoms with E-state index in [1.54, 1.807) is 23.1 Å². The maximum Gasteiger partial charge on any atom is 0.104 e. The quantitative estimate of drug-likeness (QED) is 0.869. The van der Waals surface area contributed by atoms with E-state index < -0.39 is 0 Å². The first kappa shape index (κ1) is 10.7. The van der Waals surface area contributed by atoms with E-state index in [0.717, 1.165) is 10.7 Å². The lowest BCUT2D eigenvalue weighted by Gasteiger charge is -2.11. The number of thioether (sulfide) groups is 1. The van der Waals surface area contributed by atoms with Crippen LogP contribution in [0.3, 0.4) is 0 Å². The summed E-state index contributed by atoms with van der Waals surface area (Å²) in [6.07, 6.45) is 0. The summed E-state index contributed by atoms with van der Waals surface area (Å²) in [7, 11) is 0. The highest BCUT2D eigenvalue weighted by Crippen LogP contribution is 2.41. The van der Waals surface area contributed by atoms with Crippen molar-refractivity contribution in [3.05, 3.63) is 63.3 Å². The molecule has 2 heterocycles. The number of hydrogen-bond acceptors (Lipinski definition) is 4. The molecule has 0 spiro atoms. The highest BCUT2D eigenvalue weighted by atomic mass is 32.2. The second-order valence-electron chi connectivity index (χ2n) is 3.77. The molecule has 86 valence electrons. The van der Waals surface area contributed by atoms with Gasteiger partial charge >= 0.3 is 0 Å². The average Bonchev–Trinajstić information content (AvgIpc) is 2.99. The fourth-order valence-corrected chi connectivity index (χ4v) is 3.63. The summed E-state index contributed by atoms with van der Waals surface area (Å²) in [5.41, 5.74) is 8.41. The molecule has 1 aliphatic heterocycles. The first-order valence-electron chi connectivity index (χ1n) is 5.36. The zero-order valence-corrected chi connectivity index (χ0v) is 10.7. The van der Waals surface area contributed by atoms with Crippen molar-refractivity contribution >= 4 is 28.8 Å². The molecule has 3 rings (SSSR count). The summed E-state index contributed by atoms with van der Waals surface area (Å²) < 4.78 is 0. The minimum atomic E-state index is 0.230. The van der Waals surface area contributed by atoms with Crippen LogP contribution in [0.1, 0.15) is 15.8 Å². The van der Waals surface area contributed by atoms with Gasteiger partial charge in [0, 0.05) is 0 Å². The van der Waals surface area contributed by atoms with Crippen LogP contribution in [0.15, 0.2) is 52.9 Å². The van der Waals surface area contributed by atoms with Crippen LogP contribution in [0.5, 0.6) is 0 Å². The number of thiophene rings is 1. The third-order valence-corrected chi connectivity index (χ3v) is 4.61. The Kier molecular flexibility index (Phi) is 2.82. The van der Waals surface area contributed by atoms with Crippen molar-refractivity contribution in [1.82, 2.24) is 5.32 Å². The minimum Gasteiger partial charge on any atom is -0.392 e. The summed E-state index contributed by atoms with van der Waals surface area (Å²) in [6, 6.07) is 14.5. The predicted octanol–water partition coefficient (Wildman–Crippen LogP) is 3.37. The van der Waals surface area contributed by atoms with Gasteiger partial charge in [-0.1, -0.05) is 48.2 Å². The minimum absolute atomic E-state index is 0.230. The standard InChI is InChI=1S/C13H12N2S2/c14-12-11(10-7-4-8-16-10)15-13(17-12)9-5-2-1-3-6-9/h1-8,13,15H,14H2. The SMILES string of the molecule is NC1=C(c2cccs2)NC(c2ccccc2)S1. The van der Waals surface area contributed by atoms with Gasteiger partial charge in [-0.3, -0.25) is 0 Å². The van der Waals surface area contributed by atoms with E-state index in [0.29, 0.717) is 0 Å². The molecule has 1 aromatic carbocycles. The predicted molar refractivity (Wildman–Crippen MR) is 75.3 cm³/mol. The Morgan fingerprint density at radius 3 is 2.59 bits per heavy atom. The van der Waals surface area contributed by atoms with Crippen LogP contribution >= 0.6 is 23.1 Å². The van der Waals surface area contributed by atoms with Crippen molar-refractivity contribution in [2.75, 3.05) is 0 Å². The first-order valence-corrected chi connectivity index (χ1v) is 7.12. The van der Waals surface area contributed by atoms with Crippen LogP contribution in [0.25, 0.3) is 5.70 Å². The van der Waals surface area contributed by atoms with Crippen LogP contribution < -0.4 is 11.1 Å². The van der Waals surface area contributed by atoms with E-state index in [4.69, 9.17) is 5.73 Å². The van der Waals surface area contributed by atoms with Crippen LogP contribution in [0.4, 0.5) is 0 Å². The Balaban J connectivity index is 1.85. The number of benzene rings is 1. The lowest BCUT2D eigenvalue weighted by Crippen LogP contribution is -2.11. The molecule has 2 nitrogen and oxygen atoms in total. The Bertz CT molecular complexity index is 532. The third kappa shape index (κ3) is 2.06. The van der Waals surface area contributed by atoms with Gasteiger partial charge in [-0.25, -0.2) is 0 Å². The molecule has 17 heavy (non-hydrogen) atoms. The molecule has 0 amide bonds. The van der Waals surface area contributed by atoms with Crippen LogP contribution in [-0.4, -0.2) is 0 Å². The molecule has 3 N–H and O–H groups in total. The molecule has 1 aliphatic rings. The Morgan fingerprint density at radius 1 is 1.06 bits per heavy atom. The molecular weight excluding hydrogens is 248 g/mol. The van der Waals surface area contributed by atoms with Crippen molar-refractivity contribution in [3.8, 4) is 0 Å². The van der Waals surface area contributed by atoms with Crippen molar-refractivity contribution in [1.29, 1.82) is 0 Å². The topological polar surface area (TPSA) is 38.0 Å². The highest BCUT2D eigenvalue weighted by Gasteiger charge is 2.24. The molecule has 0 fully saturated rings. The monoisotopic (exact) mass is 260 g/mol. The van der Waals surface area contributed by atoms with E-state index in [9.17, 15) is 0 Å². The summed E-state index contributed by atoms with van der Waals surface area (Å²) in [5.74, 6) is 0. The van der Waals surface area contributed by atoms with Gasteiger partial charge in [0.25, 0.3) is 0 Å². The van der Waals surface area contributed by atoms with Crippen LogP contribution in [0, 0.1) is 0 Å². The van der Waals surface area contributed by atoms with Crippen molar-refractivity contribution < 1.29 is 0 Å². The van der Waals surface area contributed by atoms with Gasteiger partial charge in [0.1, 0.15) is 5.37 Å². The zero-order chi connectivity index (χ0) is 11.7. The molecule has 4 heteroatoms. The van der Waals surface area contributed by atoms with Gasteiger partial charge in [-0.15, -0.1) is 11.3 Å². The van der Waals surface area contributed by atoms with Crippen molar-refractivity contribution in [2.24, 2.45) is 5.73 Å². The normalized spacial score (nSPS) is 19.4. The molecule has 0 aliphatic carbocycles. The van der Waals surface area contributed by atoms with Crippen molar-refractivity contribution in [2.45, 2.75) is 5.37 Å². The van der Waals surface area contributed by atoms with Gasteiger partial charge in [0.2, 0.25) is 0 Å². The lowest BCUT2D eigenvalue weighted by atomic mass is 10.2. The fourth-order valence-electron chi connectivity index (χ4n) is 1.81. The smallest absolute Gasteiger partial charge is 0.104 e. The lowest BCUT2D eigenvalue weighted by molar-refractivity contribution is 0.881. The zero-order valence-electron chi connectivity index (χ0n) is 9.09. The Labute approximate surface area is 109 Å². The van der Waals surface area contributed by atoms with Crippen LogP contribution in [0.2, 0.25) is 0 Å². The maximum atomic E-state index is 6.08. The number of hydrogen-bond donors (Lipinski definition) is 2. The first-order chi connectivity index (χ1) is 8.34. The molecule has 0 saturated heterocycles. The van der Waals surface area contributed by atoms with Gasteiger partial charge in [0.15, 0.2) is 0 Å². The molecule has 1 atom stereocenters.